The number of aromatic hydroxyl groups is 1. The zero-order chi connectivity index (χ0) is 15.8. The highest BCUT2D eigenvalue weighted by atomic mass is 16.5. The van der Waals surface area contributed by atoms with Crippen LogP contribution in [0.4, 0.5) is 11.5 Å². The second-order valence-corrected chi connectivity index (χ2v) is 4.97. The van der Waals surface area contributed by atoms with E-state index in [1.807, 2.05) is 18.2 Å². The molecule has 0 amide bonds. The molecular formula is C16H12N4O3. The lowest BCUT2D eigenvalue weighted by atomic mass is 10.2. The predicted octanol–water partition coefficient (Wildman–Crippen LogP) is 3.23. The minimum atomic E-state index is 0.0346. The van der Waals surface area contributed by atoms with Crippen molar-refractivity contribution in [3.8, 4) is 11.5 Å². The third kappa shape index (κ3) is 2.28. The summed E-state index contributed by atoms with van der Waals surface area (Å²) in [6.45, 7) is 0. The van der Waals surface area contributed by atoms with E-state index in [1.54, 1.807) is 18.3 Å². The van der Waals surface area contributed by atoms with Crippen molar-refractivity contribution in [1.82, 2.24) is 15.1 Å². The molecule has 0 aliphatic rings. The van der Waals surface area contributed by atoms with Gasteiger partial charge in [-0.3, -0.25) is 0 Å². The standard InChI is InChI=1S/C16H12N4O3/c1-22-15-6-12-11(5-13(15)21)16(18-8-17-12)20-10-2-3-14-9(4-10)7-19-23-14/h2-8,21H,1H3,(H,17,18,20). The van der Waals surface area contributed by atoms with E-state index in [0.29, 0.717) is 28.1 Å². The second kappa shape index (κ2) is 5.13. The van der Waals surface area contributed by atoms with Gasteiger partial charge in [0.25, 0.3) is 0 Å². The third-order valence-electron chi connectivity index (χ3n) is 3.55. The maximum absolute atomic E-state index is 9.98. The molecule has 0 atom stereocenters. The Kier molecular flexibility index (Phi) is 2.97. The van der Waals surface area contributed by atoms with Crippen molar-refractivity contribution in [3.05, 3.63) is 42.9 Å². The summed E-state index contributed by atoms with van der Waals surface area (Å²) in [7, 11) is 1.50. The number of nitrogens with one attached hydrogen (secondary N) is 1. The van der Waals surface area contributed by atoms with Crippen molar-refractivity contribution >= 4 is 33.4 Å². The number of aromatic nitrogens is 3. The average Bonchev–Trinajstić information content (AvgIpc) is 3.02. The number of rotatable bonds is 3. The van der Waals surface area contributed by atoms with Gasteiger partial charge >= 0.3 is 0 Å². The van der Waals surface area contributed by atoms with Gasteiger partial charge in [0, 0.05) is 22.5 Å². The largest absolute Gasteiger partial charge is 0.504 e. The van der Waals surface area contributed by atoms with E-state index in [9.17, 15) is 5.11 Å². The van der Waals surface area contributed by atoms with Gasteiger partial charge in [-0.2, -0.15) is 0 Å². The van der Waals surface area contributed by atoms with Crippen LogP contribution in [0.5, 0.6) is 11.5 Å². The first kappa shape index (κ1) is 13.3. The number of fused-ring (bicyclic) bond motifs is 2. The molecule has 7 nitrogen and oxygen atoms in total. The smallest absolute Gasteiger partial charge is 0.166 e. The van der Waals surface area contributed by atoms with Crippen LogP contribution >= 0.6 is 0 Å². The molecule has 0 fully saturated rings. The van der Waals surface area contributed by atoms with Crippen molar-refractivity contribution in [3.63, 3.8) is 0 Å². The number of anilines is 2. The van der Waals surface area contributed by atoms with E-state index < -0.39 is 0 Å². The first-order chi connectivity index (χ1) is 11.2. The van der Waals surface area contributed by atoms with E-state index in [-0.39, 0.29) is 5.75 Å². The molecule has 7 heteroatoms. The van der Waals surface area contributed by atoms with E-state index in [4.69, 9.17) is 9.26 Å². The maximum Gasteiger partial charge on any atom is 0.166 e. The van der Waals surface area contributed by atoms with E-state index in [2.05, 4.69) is 20.4 Å². The summed E-state index contributed by atoms with van der Waals surface area (Å²) < 4.78 is 10.2. The minimum absolute atomic E-state index is 0.0346. The van der Waals surface area contributed by atoms with Crippen LogP contribution in [0.2, 0.25) is 0 Å². The molecule has 23 heavy (non-hydrogen) atoms. The van der Waals surface area contributed by atoms with E-state index in [0.717, 1.165) is 11.1 Å². The number of benzene rings is 2. The Morgan fingerprint density at radius 1 is 1.17 bits per heavy atom. The van der Waals surface area contributed by atoms with Gasteiger partial charge in [0.05, 0.1) is 18.8 Å². The van der Waals surface area contributed by atoms with Crippen LogP contribution < -0.4 is 10.1 Å². The second-order valence-electron chi connectivity index (χ2n) is 4.97. The van der Waals surface area contributed by atoms with Crippen LogP contribution in [-0.2, 0) is 0 Å². The van der Waals surface area contributed by atoms with E-state index in [1.165, 1.54) is 13.4 Å². The fourth-order valence-electron chi connectivity index (χ4n) is 2.42. The maximum atomic E-state index is 9.98. The molecule has 0 aliphatic heterocycles. The number of phenols is 1. The summed E-state index contributed by atoms with van der Waals surface area (Å²) in [4.78, 5) is 8.46. The van der Waals surface area contributed by atoms with Gasteiger partial charge in [-0.25, -0.2) is 9.97 Å². The zero-order valence-electron chi connectivity index (χ0n) is 12.1. The van der Waals surface area contributed by atoms with Crippen molar-refractivity contribution in [2.75, 3.05) is 12.4 Å². The summed E-state index contributed by atoms with van der Waals surface area (Å²) in [6, 6.07) is 8.84. The molecule has 2 N–H and O–H groups in total. The lowest BCUT2D eigenvalue weighted by Crippen LogP contribution is -1.96. The van der Waals surface area contributed by atoms with Gasteiger partial charge in [0.2, 0.25) is 0 Å². The summed E-state index contributed by atoms with van der Waals surface area (Å²) in [5.41, 5.74) is 2.21. The Hall–Kier alpha value is -3.35. The zero-order valence-corrected chi connectivity index (χ0v) is 12.1. The molecule has 0 saturated carbocycles. The predicted molar refractivity (Wildman–Crippen MR) is 85.0 cm³/mol. The molecule has 2 aromatic carbocycles. The topological polar surface area (TPSA) is 93.3 Å². The lowest BCUT2D eigenvalue weighted by Gasteiger charge is -2.10. The molecule has 0 aliphatic carbocycles. The Bertz CT molecular complexity index is 1010. The fourth-order valence-corrected chi connectivity index (χ4v) is 2.42. The molecule has 4 aromatic rings. The van der Waals surface area contributed by atoms with Gasteiger partial charge in [-0.15, -0.1) is 0 Å². The van der Waals surface area contributed by atoms with Gasteiger partial charge in [-0.1, -0.05) is 5.16 Å². The SMILES string of the molecule is COc1cc2ncnc(Nc3ccc4oncc4c3)c2cc1O. The highest BCUT2D eigenvalue weighted by Gasteiger charge is 2.10. The Morgan fingerprint density at radius 2 is 2.09 bits per heavy atom. The fraction of sp³-hybridized carbons (Fsp3) is 0.0625. The van der Waals surface area contributed by atoms with Crippen molar-refractivity contribution in [2.24, 2.45) is 0 Å². The molecule has 0 bridgehead atoms. The molecule has 0 spiro atoms. The van der Waals surface area contributed by atoms with Crippen LogP contribution in [0, 0.1) is 0 Å². The first-order valence-electron chi connectivity index (χ1n) is 6.88. The summed E-state index contributed by atoms with van der Waals surface area (Å²) in [5.74, 6) is 0.990. The Morgan fingerprint density at radius 3 is 2.96 bits per heavy atom. The number of hydrogen-bond acceptors (Lipinski definition) is 7. The van der Waals surface area contributed by atoms with Gasteiger partial charge in [0.15, 0.2) is 17.1 Å². The number of ether oxygens (including phenoxy) is 1. The molecular weight excluding hydrogens is 296 g/mol. The molecule has 2 heterocycles. The van der Waals surface area contributed by atoms with Crippen LogP contribution in [0.3, 0.4) is 0 Å². The normalized spacial score (nSPS) is 11.0. The van der Waals surface area contributed by atoms with Crippen LogP contribution in [0.25, 0.3) is 21.9 Å². The monoisotopic (exact) mass is 308 g/mol. The Labute approximate surface area is 130 Å². The number of nitrogens with zero attached hydrogens (tertiary/aromatic N) is 3. The number of phenolic OH excluding ortho intramolecular Hbond substituents is 1. The van der Waals surface area contributed by atoms with Gasteiger partial charge < -0.3 is 19.7 Å². The highest BCUT2D eigenvalue weighted by Crippen LogP contribution is 2.33. The van der Waals surface area contributed by atoms with E-state index >= 15 is 0 Å². The minimum Gasteiger partial charge on any atom is -0.504 e. The molecule has 0 saturated heterocycles. The van der Waals surface area contributed by atoms with Gasteiger partial charge in [-0.05, 0) is 24.3 Å². The van der Waals surface area contributed by atoms with Crippen LogP contribution in [0.15, 0.2) is 47.4 Å². The number of hydrogen-bond donors (Lipinski definition) is 2. The Balaban J connectivity index is 1.80. The third-order valence-corrected chi connectivity index (χ3v) is 3.55. The summed E-state index contributed by atoms with van der Waals surface area (Å²) in [6.07, 6.45) is 3.11. The molecule has 4 rings (SSSR count). The molecule has 0 radical (unpaired) electrons. The first-order valence-corrected chi connectivity index (χ1v) is 6.88. The molecule has 114 valence electrons. The quantitative estimate of drug-likeness (QED) is 0.600. The summed E-state index contributed by atoms with van der Waals surface area (Å²) in [5, 5.41) is 18.5. The van der Waals surface area contributed by atoms with Crippen molar-refractivity contribution in [2.45, 2.75) is 0 Å². The lowest BCUT2D eigenvalue weighted by molar-refractivity contribution is 0.374. The molecule has 2 aromatic heterocycles. The number of methoxy groups -OCH3 is 1. The highest BCUT2D eigenvalue weighted by molar-refractivity contribution is 5.93. The van der Waals surface area contributed by atoms with Crippen LogP contribution in [-0.4, -0.2) is 27.3 Å². The van der Waals surface area contributed by atoms with Crippen molar-refractivity contribution < 1.29 is 14.4 Å². The van der Waals surface area contributed by atoms with Crippen molar-refractivity contribution in [1.29, 1.82) is 0 Å². The average molecular weight is 308 g/mol. The van der Waals surface area contributed by atoms with Crippen LogP contribution in [0.1, 0.15) is 0 Å². The molecule has 0 unspecified atom stereocenters. The van der Waals surface area contributed by atoms with Gasteiger partial charge in [0.1, 0.15) is 12.1 Å². The summed E-state index contributed by atoms with van der Waals surface area (Å²) >= 11 is 0.